The Labute approximate surface area is 154 Å². The molecule has 8 heteroatoms. The van der Waals surface area contributed by atoms with E-state index in [-0.39, 0.29) is 24.8 Å². The third-order valence-electron chi connectivity index (χ3n) is 3.35. The van der Waals surface area contributed by atoms with Gasteiger partial charge in [-0.3, -0.25) is 9.59 Å². The molecule has 3 aromatic rings. The van der Waals surface area contributed by atoms with E-state index in [0.29, 0.717) is 22.8 Å². The van der Waals surface area contributed by atoms with Crippen molar-refractivity contribution in [2.75, 3.05) is 24.4 Å². The van der Waals surface area contributed by atoms with Crippen molar-refractivity contribution in [3.8, 4) is 10.8 Å². The standard InChI is InChI=1S/C18H17N3O4S/c1-24-10-17(23)20-13-6-4-12(5-7-13)19-16(22)9-14-11-26-18(21-14)15-3-2-8-25-15/h2-8,11H,9-10H2,1H3,(H,19,22)(H,20,23). The first kappa shape index (κ1) is 17.8. The van der Waals surface area contributed by atoms with Crippen LogP contribution in [0, 0.1) is 0 Å². The van der Waals surface area contributed by atoms with E-state index in [1.54, 1.807) is 36.6 Å². The van der Waals surface area contributed by atoms with Gasteiger partial charge in [-0.05, 0) is 36.4 Å². The van der Waals surface area contributed by atoms with Gasteiger partial charge in [0.15, 0.2) is 10.8 Å². The zero-order valence-electron chi connectivity index (χ0n) is 14.0. The molecule has 26 heavy (non-hydrogen) atoms. The summed E-state index contributed by atoms with van der Waals surface area (Å²) in [7, 11) is 1.46. The molecule has 0 aliphatic carbocycles. The number of furan rings is 1. The SMILES string of the molecule is COCC(=O)Nc1ccc(NC(=O)Cc2csc(-c3ccco3)n2)cc1. The molecule has 0 spiro atoms. The fraction of sp³-hybridized carbons (Fsp3) is 0.167. The predicted octanol–water partition coefficient (Wildman–Crippen LogP) is 3.17. The maximum absolute atomic E-state index is 12.2. The van der Waals surface area contributed by atoms with E-state index in [0.717, 1.165) is 5.01 Å². The van der Waals surface area contributed by atoms with Gasteiger partial charge in [0.2, 0.25) is 11.8 Å². The number of aromatic nitrogens is 1. The molecule has 134 valence electrons. The first-order valence-corrected chi connectivity index (χ1v) is 8.69. The molecule has 0 saturated heterocycles. The van der Waals surface area contributed by atoms with Crippen LogP contribution < -0.4 is 10.6 Å². The van der Waals surface area contributed by atoms with E-state index in [9.17, 15) is 9.59 Å². The Balaban J connectivity index is 1.54. The van der Waals surface area contributed by atoms with Crippen molar-refractivity contribution in [2.45, 2.75) is 6.42 Å². The Morgan fingerprint density at radius 2 is 1.81 bits per heavy atom. The minimum absolute atomic E-state index is 0.00782. The predicted molar refractivity (Wildman–Crippen MR) is 99.1 cm³/mol. The summed E-state index contributed by atoms with van der Waals surface area (Å²) < 4.78 is 10.1. The summed E-state index contributed by atoms with van der Waals surface area (Å²) in [5.41, 5.74) is 1.95. The van der Waals surface area contributed by atoms with Crippen LogP contribution in [0.3, 0.4) is 0 Å². The van der Waals surface area contributed by atoms with Crippen LogP contribution in [0.15, 0.2) is 52.5 Å². The number of rotatable bonds is 7. The highest BCUT2D eigenvalue weighted by Gasteiger charge is 2.11. The van der Waals surface area contributed by atoms with E-state index in [1.165, 1.54) is 18.4 Å². The normalized spacial score (nSPS) is 10.5. The number of benzene rings is 1. The van der Waals surface area contributed by atoms with E-state index in [4.69, 9.17) is 9.15 Å². The maximum Gasteiger partial charge on any atom is 0.250 e. The zero-order valence-corrected chi connectivity index (χ0v) is 14.8. The fourth-order valence-corrected chi connectivity index (χ4v) is 3.02. The lowest BCUT2D eigenvalue weighted by molar-refractivity contribution is -0.119. The topological polar surface area (TPSA) is 93.5 Å². The Morgan fingerprint density at radius 1 is 1.12 bits per heavy atom. The second-order valence-corrected chi connectivity index (χ2v) is 6.26. The van der Waals surface area contributed by atoms with E-state index in [2.05, 4.69) is 15.6 Å². The molecule has 0 atom stereocenters. The molecule has 0 fully saturated rings. The van der Waals surface area contributed by atoms with Gasteiger partial charge in [-0.1, -0.05) is 0 Å². The van der Waals surface area contributed by atoms with E-state index >= 15 is 0 Å². The molecule has 2 amide bonds. The van der Waals surface area contributed by atoms with Gasteiger partial charge in [0.1, 0.15) is 6.61 Å². The number of carbonyl (C=O) groups excluding carboxylic acids is 2. The number of amides is 2. The first-order valence-electron chi connectivity index (χ1n) is 7.81. The number of thiazole rings is 1. The molecular weight excluding hydrogens is 354 g/mol. The van der Waals surface area contributed by atoms with Crippen LogP contribution in [0.1, 0.15) is 5.69 Å². The molecular formula is C18H17N3O4S. The zero-order chi connectivity index (χ0) is 18.4. The summed E-state index contributed by atoms with van der Waals surface area (Å²) in [6.45, 7) is -0.00782. The number of methoxy groups -OCH3 is 1. The van der Waals surface area contributed by atoms with Gasteiger partial charge in [0, 0.05) is 23.9 Å². The van der Waals surface area contributed by atoms with Crippen LogP contribution in [0.2, 0.25) is 0 Å². The molecule has 2 heterocycles. The Hall–Kier alpha value is -2.97. The summed E-state index contributed by atoms with van der Waals surface area (Å²) in [5.74, 6) is 0.283. The van der Waals surface area contributed by atoms with Gasteiger partial charge < -0.3 is 19.8 Å². The van der Waals surface area contributed by atoms with Crippen LogP contribution in [0.5, 0.6) is 0 Å². The first-order chi connectivity index (χ1) is 12.6. The number of ether oxygens (including phenoxy) is 1. The van der Waals surface area contributed by atoms with E-state index < -0.39 is 0 Å². The fourth-order valence-electron chi connectivity index (χ4n) is 2.24. The summed E-state index contributed by atoms with van der Waals surface area (Å²) in [6, 6.07) is 10.5. The number of anilines is 2. The van der Waals surface area contributed by atoms with Crippen LogP contribution in [0.25, 0.3) is 10.8 Å². The van der Waals surface area contributed by atoms with Crippen molar-refractivity contribution < 1.29 is 18.7 Å². The molecule has 7 nitrogen and oxygen atoms in total. The van der Waals surface area contributed by atoms with Gasteiger partial charge in [0.05, 0.1) is 18.4 Å². The van der Waals surface area contributed by atoms with Gasteiger partial charge in [-0.25, -0.2) is 4.98 Å². The van der Waals surface area contributed by atoms with Crippen LogP contribution >= 0.6 is 11.3 Å². The number of nitrogens with one attached hydrogen (secondary N) is 2. The lowest BCUT2D eigenvalue weighted by Gasteiger charge is -2.07. The maximum atomic E-state index is 12.2. The average Bonchev–Trinajstić information content (AvgIpc) is 3.28. The molecule has 1 aromatic carbocycles. The highest BCUT2D eigenvalue weighted by molar-refractivity contribution is 7.13. The lowest BCUT2D eigenvalue weighted by atomic mass is 10.2. The molecule has 0 aliphatic rings. The van der Waals surface area contributed by atoms with Crippen molar-refractivity contribution in [1.82, 2.24) is 4.98 Å². The summed E-state index contributed by atoms with van der Waals surface area (Å²) in [6.07, 6.45) is 1.76. The third kappa shape index (κ3) is 4.78. The van der Waals surface area contributed by atoms with Gasteiger partial charge in [-0.15, -0.1) is 11.3 Å². The molecule has 0 bridgehead atoms. The monoisotopic (exact) mass is 371 g/mol. The Kier molecular flexibility index (Phi) is 5.77. The van der Waals surface area contributed by atoms with Crippen molar-refractivity contribution >= 4 is 34.5 Å². The van der Waals surface area contributed by atoms with E-state index in [1.807, 2.05) is 11.4 Å². The lowest BCUT2D eigenvalue weighted by Crippen LogP contribution is -2.17. The Bertz CT molecular complexity index is 872. The summed E-state index contributed by atoms with van der Waals surface area (Å²) in [4.78, 5) is 28.0. The third-order valence-corrected chi connectivity index (χ3v) is 4.26. The largest absolute Gasteiger partial charge is 0.462 e. The summed E-state index contributed by atoms with van der Waals surface area (Å²) >= 11 is 1.43. The molecule has 0 saturated carbocycles. The highest BCUT2D eigenvalue weighted by Crippen LogP contribution is 2.24. The van der Waals surface area contributed by atoms with Gasteiger partial charge in [0.25, 0.3) is 0 Å². The second-order valence-electron chi connectivity index (χ2n) is 5.40. The van der Waals surface area contributed by atoms with Crippen LogP contribution in [-0.4, -0.2) is 30.5 Å². The molecule has 0 unspecified atom stereocenters. The molecule has 2 aromatic heterocycles. The van der Waals surface area contributed by atoms with Crippen molar-refractivity contribution in [1.29, 1.82) is 0 Å². The smallest absolute Gasteiger partial charge is 0.250 e. The number of carbonyl (C=O) groups is 2. The summed E-state index contributed by atoms with van der Waals surface area (Å²) in [5, 5.41) is 8.07. The van der Waals surface area contributed by atoms with Crippen LogP contribution in [0.4, 0.5) is 11.4 Å². The molecule has 2 N–H and O–H groups in total. The number of hydrogen-bond acceptors (Lipinski definition) is 6. The second kappa shape index (κ2) is 8.41. The Morgan fingerprint density at radius 3 is 2.42 bits per heavy atom. The van der Waals surface area contributed by atoms with Crippen LogP contribution in [-0.2, 0) is 20.7 Å². The van der Waals surface area contributed by atoms with Gasteiger partial charge in [-0.2, -0.15) is 0 Å². The average molecular weight is 371 g/mol. The van der Waals surface area contributed by atoms with Crippen molar-refractivity contribution in [3.05, 3.63) is 53.7 Å². The van der Waals surface area contributed by atoms with Gasteiger partial charge >= 0.3 is 0 Å². The quantitative estimate of drug-likeness (QED) is 0.665. The number of nitrogens with zero attached hydrogens (tertiary/aromatic N) is 1. The van der Waals surface area contributed by atoms with Crippen molar-refractivity contribution in [2.24, 2.45) is 0 Å². The molecule has 3 rings (SSSR count). The van der Waals surface area contributed by atoms with Crippen molar-refractivity contribution in [3.63, 3.8) is 0 Å². The minimum Gasteiger partial charge on any atom is -0.462 e. The number of hydrogen-bond donors (Lipinski definition) is 2. The highest BCUT2D eigenvalue weighted by atomic mass is 32.1. The minimum atomic E-state index is -0.236. The molecule has 0 aliphatic heterocycles. The molecule has 0 radical (unpaired) electrons.